The molecule has 21 heavy (non-hydrogen) atoms. The van der Waals surface area contributed by atoms with E-state index in [-0.39, 0.29) is 25.0 Å². The SMILES string of the molecule is [2H]C1CC2=CC(=O)CC[C@]2(C)[C@H]2CC[C@]3(C([2H])([2H])[2H])C(=O)C([2H])([2H])C([2H])([2H])[C@@]3([2H])[C@]12[2H]. The zero-order chi connectivity index (χ0) is 23.6. The summed E-state index contributed by atoms with van der Waals surface area (Å²) in [5.41, 5.74) is -2.90. The van der Waals surface area contributed by atoms with Gasteiger partial charge < -0.3 is 0 Å². The van der Waals surface area contributed by atoms with Crippen LogP contribution in [0.15, 0.2) is 11.6 Å². The van der Waals surface area contributed by atoms with Gasteiger partial charge in [-0.25, -0.2) is 0 Å². The van der Waals surface area contributed by atoms with E-state index in [1.807, 2.05) is 0 Å². The van der Waals surface area contributed by atoms with Crippen molar-refractivity contribution in [1.29, 1.82) is 0 Å². The van der Waals surface area contributed by atoms with Crippen molar-refractivity contribution in [3.8, 4) is 0 Å². The fourth-order valence-corrected chi connectivity index (χ4v) is 4.48. The average molecular weight is 296 g/mol. The van der Waals surface area contributed by atoms with Crippen LogP contribution in [0.1, 0.15) is 78.7 Å². The van der Waals surface area contributed by atoms with E-state index >= 15 is 0 Å². The Morgan fingerprint density at radius 1 is 1.33 bits per heavy atom. The third kappa shape index (κ3) is 1.71. The molecule has 0 aliphatic heterocycles. The van der Waals surface area contributed by atoms with Gasteiger partial charge in [0.2, 0.25) is 0 Å². The van der Waals surface area contributed by atoms with Gasteiger partial charge >= 0.3 is 0 Å². The quantitative estimate of drug-likeness (QED) is 0.675. The van der Waals surface area contributed by atoms with Gasteiger partial charge in [-0.15, -0.1) is 0 Å². The highest BCUT2D eigenvalue weighted by Gasteiger charge is 2.58. The topological polar surface area (TPSA) is 34.1 Å². The molecule has 1 unspecified atom stereocenters. The lowest BCUT2D eigenvalue weighted by Crippen LogP contribution is -2.50. The number of ketones is 2. The Morgan fingerprint density at radius 2 is 2.19 bits per heavy atom. The van der Waals surface area contributed by atoms with Crippen molar-refractivity contribution in [3.63, 3.8) is 0 Å². The molecular weight excluding hydrogens is 260 g/mol. The Balaban J connectivity index is 2.06. The van der Waals surface area contributed by atoms with Crippen molar-refractivity contribution >= 4 is 11.6 Å². The summed E-state index contributed by atoms with van der Waals surface area (Å²) in [6.07, 6.45) is -6.70. The van der Waals surface area contributed by atoms with Gasteiger partial charge in [-0.3, -0.25) is 9.59 Å². The highest BCUT2D eigenvalue weighted by atomic mass is 16.1. The summed E-state index contributed by atoms with van der Waals surface area (Å²) in [5.74, 6) is -7.84. The fraction of sp³-hybridized carbons (Fsp3) is 0.789. The first-order valence-corrected chi connectivity index (χ1v) is 7.58. The summed E-state index contributed by atoms with van der Waals surface area (Å²) >= 11 is 0. The summed E-state index contributed by atoms with van der Waals surface area (Å²) < 4.78 is 85.5. The minimum Gasteiger partial charge on any atom is -0.299 e. The lowest BCUT2D eigenvalue weighted by atomic mass is 9.47. The summed E-state index contributed by atoms with van der Waals surface area (Å²) in [6.45, 7) is -1.42. The number of allylic oxidation sites excluding steroid dienone is 1. The molecule has 0 N–H and O–H groups in total. The second kappa shape index (κ2) is 4.30. The Hall–Kier alpha value is -0.920. The van der Waals surface area contributed by atoms with Crippen LogP contribution in [-0.2, 0) is 9.59 Å². The van der Waals surface area contributed by atoms with E-state index in [1.165, 1.54) is 6.08 Å². The Labute approximate surface area is 141 Å². The molecule has 0 bridgehead atoms. The molecule has 6 atom stereocenters. The number of carbonyl (C=O) groups is 2. The molecule has 2 nitrogen and oxygen atoms in total. The third-order valence-corrected chi connectivity index (χ3v) is 5.86. The van der Waals surface area contributed by atoms with E-state index in [2.05, 4.69) is 0 Å². The van der Waals surface area contributed by atoms with Crippen LogP contribution >= 0.6 is 0 Å². The molecule has 0 aromatic heterocycles. The summed E-state index contributed by atoms with van der Waals surface area (Å²) in [5, 5.41) is 0. The molecule has 0 heterocycles. The van der Waals surface area contributed by atoms with E-state index < -0.39 is 66.7 Å². The molecule has 4 aliphatic carbocycles. The summed E-state index contributed by atoms with van der Waals surface area (Å²) in [7, 11) is 0. The van der Waals surface area contributed by atoms with Crippen LogP contribution in [0, 0.1) is 28.5 Å². The van der Waals surface area contributed by atoms with Gasteiger partial charge in [-0.1, -0.05) is 19.3 Å². The molecule has 0 amide bonds. The van der Waals surface area contributed by atoms with Crippen molar-refractivity contribution < 1.29 is 23.3 Å². The van der Waals surface area contributed by atoms with Gasteiger partial charge in [-0.2, -0.15) is 0 Å². The van der Waals surface area contributed by atoms with E-state index in [0.717, 1.165) is 0 Å². The zero-order valence-electron chi connectivity index (χ0n) is 22.1. The van der Waals surface area contributed by atoms with Crippen molar-refractivity contribution in [3.05, 3.63) is 11.6 Å². The molecule has 4 rings (SSSR count). The fourth-order valence-electron chi connectivity index (χ4n) is 4.48. The molecule has 3 saturated carbocycles. The van der Waals surface area contributed by atoms with Crippen molar-refractivity contribution in [2.75, 3.05) is 0 Å². The van der Waals surface area contributed by atoms with Crippen LogP contribution in [0.5, 0.6) is 0 Å². The minimum absolute atomic E-state index is 0.0299. The molecule has 4 aliphatic rings. The average Bonchev–Trinajstić information content (AvgIpc) is 2.73. The van der Waals surface area contributed by atoms with Crippen molar-refractivity contribution in [1.82, 2.24) is 0 Å². The molecule has 3 fully saturated rings. The van der Waals surface area contributed by atoms with Crippen LogP contribution in [0.3, 0.4) is 0 Å². The van der Waals surface area contributed by atoms with Crippen LogP contribution < -0.4 is 0 Å². The molecule has 0 saturated heterocycles. The van der Waals surface area contributed by atoms with Gasteiger partial charge in [0.25, 0.3) is 0 Å². The monoisotopic (exact) mass is 296 g/mol. The number of hydrogen-bond acceptors (Lipinski definition) is 2. The number of rotatable bonds is 0. The maximum atomic E-state index is 13.3. The van der Waals surface area contributed by atoms with Gasteiger partial charge in [0.1, 0.15) is 5.78 Å². The third-order valence-electron chi connectivity index (χ3n) is 5.86. The van der Waals surface area contributed by atoms with Gasteiger partial charge in [-0.05, 0) is 67.6 Å². The zero-order valence-corrected chi connectivity index (χ0v) is 12.1. The first-order chi connectivity index (χ1) is 13.9. The highest BCUT2D eigenvalue weighted by molar-refractivity contribution is 5.91. The van der Waals surface area contributed by atoms with E-state index in [0.29, 0.717) is 12.0 Å². The van der Waals surface area contributed by atoms with Gasteiger partial charge in [0.15, 0.2) is 5.78 Å². The molecule has 0 radical (unpaired) electrons. The molecule has 0 aromatic rings. The van der Waals surface area contributed by atoms with Crippen molar-refractivity contribution in [2.45, 2.75) is 65.0 Å². The normalized spacial score (nSPS) is 72.1. The lowest BCUT2D eigenvalue weighted by molar-refractivity contribution is -0.132. The molecule has 0 spiro atoms. The summed E-state index contributed by atoms with van der Waals surface area (Å²) in [4.78, 5) is 25.3. The second-order valence-corrected chi connectivity index (χ2v) is 6.87. The number of Topliss-reactive ketones (excluding diaryl/α,β-unsaturated/α-hetero) is 1. The number of fused-ring (bicyclic) bond motifs is 5. The second-order valence-electron chi connectivity index (χ2n) is 6.87. The van der Waals surface area contributed by atoms with Gasteiger partial charge in [0, 0.05) is 31.9 Å². The highest BCUT2D eigenvalue weighted by Crippen LogP contribution is 2.64. The Morgan fingerprint density at radius 3 is 3.00 bits per heavy atom. The summed E-state index contributed by atoms with van der Waals surface area (Å²) in [6, 6.07) is 0. The van der Waals surface area contributed by atoms with E-state index in [9.17, 15) is 12.3 Å². The standard InChI is InChI=1S/C19H26O2/c1-18-9-7-13(20)11-12(18)3-4-14-15-5-6-17(21)19(15,2)10-8-16(14)18/h11,14-16H,3-10H2,1-2H3/t14-,15-,16-,18-,19-/m0/s1/i2D3,4D,5D2,6D2,14D,15D/t4?,14-,15-,16-,18-,19-. The van der Waals surface area contributed by atoms with Crippen LogP contribution in [0.4, 0.5) is 0 Å². The maximum Gasteiger partial charge on any atom is 0.155 e. The minimum atomic E-state index is -3.30. The van der Waals surface area contributed by atoms with Gasteiger partial charge in [0.05, 0.1) is 0 Å². The largest absolute Gasteiger partial charge is 0.299 e. The van der Waals surface area contributed by atoms with Crippen LogP contribution in [-0.4, -0.2) is 11.6 Å². The number of hydrogen-bond donors (Lipinski definition) is 0. The predicted molar refractivity (Wildman–Crippen MR) is 81.7 cm³/mol. The molecular formula is C19H26O2. The Kier molecular flexibility index (Phi) is 1.37. The predicted octanol–water partition coefficient (Wildman–Crippen LogP) is 4.09. The van der Waals surface area contributed by atoms with Crippen LogP contribution in [0.2, 0.25) is 0 Å². The molecule has 114 valence electrons. The molecule has 2 heteroatoms. The first-order valence-electron chi connectivity index (χ1n) is 12.7. The van der Waals surface area contributed by atoms with E-state index in [4.69, 9.17) is 11.0 Å². The first kappa shape index (κ1) is 6.68. The molecule has 0 aromatic carbocycles. The number of carbonyl (C=O) groups excluding carboxylic acids is 2. The Bertz CT molecular complexity index is 910. The smallest absolute Gasteiger partial charge is 0.155 e. The van der Waals surface area contributed by atoms with Crippen LogP contribution in [0.25, 0.3) is 0 Å². The maximum absolute atomic E-state index is 13.3. The lowest BCUT2D eigenvalue weighted by Gasteiger charge is -2.56. The van der Waals surface area contributed by atoms with E-state index in [1.54, 1.807) is 6.92 Å². The van der Waals surface area contributed by atoms with Crippen molar-refractivity contribution in [2.24, 2.45) is 28.5 Å².